The highest BCUT2D eigenvalue weighted by Crippen LogP contribution is 2.36. The first-order chi connectivity index (χ1) is 14.3. The summed E-state index contributed by atoms with van der Waals surface area (Å²) >= 11 is 5.95. The van der Waals surface area contributed by atoms with Gasteiger partial charge in [0, 0.05) is 29.1 Å². The van der Waals surface area contributed by atoms with Crippen molar-refractivity contribution in [3.63, 3.8) is 0 Å². The number of carbonyl (C=O) groups excluding carboxylic acids is 1. The molecule has 5 nitrogen and oxygen atoms in total. The second-order valence-electron chi connectivity index (χ2n) is 7.72. The average Bonchev–Trinajstić information content (AvgIpc) is 3.46. The second-order valence-corrected chi connectivity index (χ2v) is 8.15. The van der Waals surface area contributed by atoms with Gasteiger partial charge in [-0.15, -0.1) is 5.10 Å². The minimum absolute atomic E-state index is 0.0436. The molecular weight excluding hydrogens is 412 g/mol. The van der Waals surface area contributed by atoms with Crippen LogP contribution in [0.4, 0.5) is 8.78 Å². The number of Topliss-reactive ketones (excluding diaryl/α,β-unsaturated/α-hetero) is 1. The van der Waals surface area contributed by atoms with Crippen LogP contribution >= 0.6 is 11.6 Å². The van der Waals surface area contributed by atoms with Crippen molar-refractivity contribution in [1.29, 1.82) is 0 Å². The van der Waals surface area contributed by atoms with E-state index in [9.17, 15) is 18.4 Å². The number of aromatic nitrogens is 3. The number of hydrogen-bond donors (Lipinski definition) is 0. The van der Waals surface area contributed by atoms with Gasteiger partial charge in [0.1, 0.15) is 18.2 Å². The zero-order valence-corrected chi connectivity index (χ0v) is 17.1. The van der Waals surface area contributed by atoms with Crippen molar-refractivity contribution in [2.45, 2.75) is 44.7 Å². The van der Waals surface area contributed by atoms with Gasteiger partial charge >= 0.3 is 5.69 Å². The highest BCUT2D eigenvalue weighted by Gasteiger charge is 2.30. The van der Waals surface area contributed by atoms with E-state index in [0.717, 1.165) is 24.5 Å². The standard InChI is InChI=1S/C22H20ClF2N3O2/c1-13(15-9-17(24)11-18(25)10-15)8-20(29)12-27-22(30)28(19-6-7-19)21(26-27)14-2-4-16(23)5-3-14/h2-5,9-11,13,19H,6-8,12H2,1H3. The van der Waals surface area contributed by atoms with Crippen molar-refractivity contribution in [2.75, 3.05) is 0 Å². The summed E-state index contributed by atoms with van der Waals surface area (Å²) in [6.45, 7) is 1.53. The molecule has 1 heterocycles. The summed E-state index contributed by atoms with van der Waals surface area (Å²) in [5.41, 5.74) is 0.817. The number of carbonyl (C=O) groups is 1. The van der Waals surface area contributed by atoms with Gasteiger partial charge < -0.3 is 0 Å². The molecular formula is C22H20ClF2N3O2. The Morgan fingerprint density at radius 3 is 2.40 bits per heavy atom. The number of hydrogen-bond acceptors (Lipinski definition) is 3. The van der Waals surface area contributed by atoms with Crippen molar-refractivity contribution >= 4 is 17.4 Å². The van der Waals surface area contributed by atoms with Crippen molar-refractivity contribution in [3.05, 3.63) is 75.2 Å². The van der Waals surface area contributed by atoms with Crippen LogP contribution in [0.1, 0.15) is 43.7 Å². The maximum atomic E-state index is 13.4. The van der Waals surface area contributed by atoms with E-state index >= 15 is 0 Å². The van der Waals surface area contributed by atoms with Crippen LogP contribution in [0.3, 0.4) is 0 Å². The molecule has 0 amide bonds. The largest absolute Gasteiger partial charge is 0.346 e. The molecule has 0 aliphatic heterocycles. The predicted octanol–water partition coefficient (Wildman–Crippen LogP) is 4.74. The molecule has 1 aliphatic carbocycles. The second kappa shape index (κ2) is 8.14. The molecule has 1 fully saturated rings. The summed E-state index contributed by atoms with van der Waals surface area (Å²) in [4.78, 5) is 25.5. The van der Waals surface area contributed by atoms with Gasteiger partial charge in [-0.25, -0.2) is 18.3 Å². The lowest BCUT2D eigenvalue weighted by molar-refractivity contribution is -0.120. The summed E-state index contributed by atoms with van der Waals surface area (Å²) in [7, 11) is 0. The van der Waals surface area contributed by atoms with E-state index in [1.807, 2.05) is 0 Å². The molecule has 0 N–H and O–H groups in total. The highest BCUT2D eigenvalue weighted by molar-refractivity contribution is 6.30. The zero-order chi connectivity index (χ0) is 21.4. The Labute approximate surface area is 176 Å². The van der Waals surface area contributed by atoms with E-state index in [-0.39, 0.29) is 36.4 Å². The average molecular weight is 432 g/mol. The summed E-state index contributed by atoms with van der Waals surface area (Å²) in [5, 5.41) is 4.98. The van der Waals surface area contributed by atoms with E-state index in [2.05, 4.69) is 5.10 Å². The molecule has 30 heavy (non-hydrogen) atoms. The van der Waals surface area contributed by atoms with Crippen LogP contribution in [-0.4, -0.2) is 20.1 Å². The first kappa shape index (κ1) is 20.5. The van der Waals surface area contributed by atoms with Crippen molar-refractivity contribution < 1.29 is 13.6 Å². The molecule has 8 heteroatoms. The van der Waals surface area contributed by atoms with Gasteiger partial charge in [-0.1, -0.05) is 18.5 Å². The number of benzene rings is 2. The fourth-order valence-electron chi connectivity index (χ4n) is 3.53. The normalized spacial score (nSPS) is 14.7. The minimum Gasteiger partial charge on any atom is -0.298 e. The first-order valence-corrected chi connectivity index (χ1v) is 10.1. The Morgan fingerprint density at radius 2 is 1.80 bits per heavy atom. The summed E-state index contributed by atoms with van der Waals surface area (Å²) in [6.07, 6.45) is 1.83. The van der Waals surface area contributed by atoms with Crippen LogP contribution in [0, 0.1) is 11.6 Å². The molecule has 1 aromatic heterocycles. The fraction of sp³-hybridized carbons (Fsp3) is 0.318. The molecule has 1 atom stereocenters. The Kier molecular flexibility index (Phi) is 5.56. The van der Waals surface area contributed by atoms with Crippen LogP contribution in [0.5, 0.6) is 0 Å². The molecule has 156 valence electrons. The van der Waals surface area contributed by atoms with E-state index in [4.69, 9.17) is 11.6 Å². The third kappa shape index (κ3) is 4.36. The number of nitrogens with zero attached hydrogens (tertiary/aromatic N) is 3. The third-order valence-corrected chi connectivity index (χ3v) is 5.45. The molecule has 1 unspecified atom stereocenters. The molecule has 1 aliphatic rings. The Bertz CT molecular complexity index is 1130. The molecule has 0 bridgehead atoms. The van der Waals surface area contributed by atoms with Gasteiger partial charge in [-0.2, -0.15) is 0 Å². The van der Waals surface area contributed by atoms with Gasteiger partial charge in [0.25, 0.3) is 0 Å². The number of rotatable bonds is 7. The maximum Gasteiger partial charge on any atom is 0.346 e. The number of halogens is 3. The van der Waals surface area contributed by atoms with Crippen molar-refractivity contribution in [2.24, 2.45) is 0 Å². The lowest BCUT2D eigenvalue weighted by Crippen LogP contribution is -2.28. The SMILES string of the molecule is CC(CC(=O)Cn1nc(-c2ccc(Cl)cc2)n(C2CC2)c1=O)c1cc(F)cc(F)c1. The van der Waals surface area contributed by atoms with Crippen LogP contribution in [0.25, 0.3) is 11.4 Å². The van der Waals surface area contributed by atoms with Crippen LogP contribution in [0.2, 0.25) is 5.02 Å². The molecule has 3 aromatic rings. The Hall–Kier alpha value is -2.80. The molecule has 0 radical (unpaired) electrons. The van der Waals surface area contributed by atoms with E-state index in [1.165, 1.54) is 16.8 Å². The minimum atomic E-state index is -0.684. The lowest BCUT2D eigenvalue weighted by Gasteiger charge is -2.11. The summed E-state index contributed by atoms with van der Waals surface area (Å²) in [6, 6.07) is 10.3. The van der Waals surface area contributed by atoms with E-state index in [0.29, 0.717) is 16.4 Å². The van der Waals surface area contributed by atoms with Gasteiger partial charge in [-0.05, 0) is 60.7 Å². The summed E-state index contributed by atoms with van der Waals surface area (Å²) in [5.74, 6) is -1.49. The van der Waals surface area contributed by atoms with E-state index in [1.54, 1.807) is 35.8 Å². The maximum absolute atomic E-state index is 13.4. The molecule has 4 rings (SSSR count). The van der Waals surface area contributed by atoms with Gasteiger partial charge in [-0.3, -0.25) is 9.36 Å². The number of ketones is 1. The van der Waals surface area contributed by atoms with Gasteiger partial charge in [0.05, 0.1) is 0 Å². The third-order valence-electron chi connectivity index (χ3n) is 5.20. The molecule has 1 saturated carbocycles. The molecule has 0 saturated heterocycles. The van der Waals surface area contributed by atoms with Crippen LogP contribution in [-0.2, 0) is 11.3 Å². The highest BCUT2D eigenvalue weighted by atomic mass is 35.5. The van der Waals surface area contributed by atoms with E-state index < -0.39 is 11.6 Å². The predicted molar refractivity (Wildman–Crippen MR) is 110 cm³/mol. The van der Waals surface area contributed by atoms with Crippen molar-refractivity contribution in [3.8, 4) is 11.4 Å². The zero-order valence-electron chi connectivity index (χ0n) is 16.3. The topological polar surface area (TPSA) is 56.9 Å². The first-order valence-electron chi connectivity index (χ1n) is 9.75. The quantitative estimate of drug-likeness (QED) is 0.543. The smallest absolute Gasteiger partial charge is 0.298 e. The Morgan fingerprint density at radius 1 is 1.17 bits per heavy atom. The van der Waals surface area contributed by atoms with Gasteiger partial charge in [0.15, 0.2) is 11.6 Å². The van der Waals surface area contributed by atoms with Crippen LogP contribution in [0.15, 0.2) is 47.3 Å². The fourth-order valence-corrected chi connectivity index (χ4v) is 3.66. The molecule has 0 spiro atoms. The van der Waals surface area contributed by atoms with Crippen LogP contribution < -0.4 is 5.69 Å². The summed E-state index contributed by atoms with van der Waals surface area (Å²) < 4.78 is 29.7. The Balaban J connectivity index is 1.55. The van der Waals surface area contributed by atoms with Crippen molar-refractivity contribution in [1.82, 2.24) is 14.3 Å². The monoisotopic (exact) mass is 431 g/mol. The van der Waals surface area contributed by atoms with Gasteiger partial charge in [0.2, 0.25) is 0 Å². The lowest BCUT2D eigenvalue weighted by atomic mass is 9.95. The molecule has 2 aromatic carbocycles.